The molecule has 1 aromatic carbocycles. The molecule has 2 N–H and O–H groups in total. The normalized spacial score (nSPS) is 11.6. The Morgan fingerprint density at radius 3 is 2.68 bits per heavy atom. The first kappa shape index (κ1) is 17.0. The predicted molar refractivity (Wildman–Crippen MR) is 87.5 cm³/mol. The molecule has 0 aliphatic carbocycles. The largest absolute Gasteiger partial charge is 0.476 e. The Kier molecular flexibility index (Phi) is 4.05. The third-order valence-corrected chi connectivity index (χ3v) is 5.20. The number of halogens is 1. The Morgan fingerprint density at radius 1 is 1.36 bits per heavy atom. The molecular weight excluding hydrogens is 373 g/mol. The smallest absolute Gasteiger partial charge is 0.355 e. The van der Waals surface area contributed by atoms with Crippen molar-refractivity contribution in [2.75, 3.05) is 6.26 Å². The molecule has 3 aromatic rings. The van der Waals surface area contributed by atoms with E-state index in [1.54, 1.807) is 0 Å². The third kappa shape index (κ3) is 3.23. The first-order chi connectivity index (χ1) is 11.7. The summed E-state index contributed by atoms with van der Waals surface area (Å²) in [6, 6.07) is 4.61. The van der Waals surface area contributed by atoms with Crippen molar-refractivity contribution < 1.29 is 22.7 Å². The Bertz CT molecular complexity index is 1140. The van der Waals surface area contributed by atoms with Crippen LogP contribution in [0, 0.1) is 5.82 Å². The van der Waals surface area contributed by atoms with Crippen molar-refractivity contribution in [1.29, 1.82) is 0 Å². The second-order valence-corrected chi connectivity index (χ2v) is 7.90. The molecule has 0 unspecified atom stereocenters. The molecule has 0 fully saturated rings. The molecule has 0 saturated carbocycles. The molecule has 2 aromatic heterocycles. The molecule has 0 saturated heterocycles. The highest BCUT2D eigenvalue weighted by molar-refractivity contribution is 7.90. The summed E-state index contributed by atoms with van der Waals surface area (Å²) in [5, 5.41) is 13.0. The number of rotatable bonds is 4. The van der Waals surface area contributed by atoms with E-state index in [-0.39, 0.29) is 22.1 Å². The molecule has 0 bridgehead atoms. The van der Waals surface area contributed by atoms with Crippen LogP contribution in [0.25, 0.3) is 16.4 Å². The fraction of sp³-hybridized carbons (Fsp3) is 0.0714. The molecule has 0 spiro atoms. The molecule has 0 aliphatic heterocycles. The second kappa shape index (κ2) is 5.93. The van der Waals surface area contributed by atoms with E-state index >= 15 is 0 Å². The van der Waals surface area contributed by atoms with Crippen LogP contribution >= 0.6 is 11.3 Å². The van der Waals surface area contributed by atoms with Gasteiger partial charge in [-0.1, -0.05) is 0 Å². The number of aromatic nitrogens is 3. The van der Waals surface area contributed by atoms with Crippen LogP contribution in [-0.2, 0) is 9.84 Å². The molecule has 0 radical (unpaired) electrons. The van der Waals surface area contributed by atoms with E-state index in [9.17, 15) is 22.4 Å². The number of aromatic amines is 1. The number of H-pyrrole nitrogens is 1. The van der Waals surface area contributed by atoms with Crippen LogP contribution < -0.4 is 5.56 Å². The highest BCUT2D eigenvalue weighted by Gasteiger charge is 2.17. The Morgan fingerprint density at radius 2 is 2.08 bits per heavy atom. The zero-order valence-electron chi connectivity index (χ0n) is 12.6. The summed E-state index contributed by atoms with van der Waals surface area (Å²) in [5.41, 5.74) is -0.203. The van der Waals surface area contributed by atoms with Crippen molar-refractivity contribution in [1.82, 2.24) is 14.8 Å². The molecular formula is C14H10FN3O5S2. The Labute approximate surface area is 144 Å². The molecule has 11 heteroatoms. The van der Waals surface area contributed by atoms with E-state index in [4.69, 9.17) is 5.11 Å². The van der Waals surface area contributed by atoms with Gasteiger partial charge in [0.05, 0.1) is 5.69 Å². The zero-order chi connectivity index (χ0) is 18.4. The lowest BCUT2D eigenvalue weighted by Crippen LogP contribution is -2.13. The number of carbonyl (C=O) groups is 1. The summed E-state index contributed by atoms with van der Waals surface area (Å²) < 4.78 is 37.9. The summed E-state index contributed by atoms with van der Waals surface area (Å²) in [5.74, 6) is -2.11. The molecule has 25 heavy (non-hydrogen) atoms. The van der Waals surface area contributed by atoms with Crippen LogP contribution in [0.2, 0.25) is 0 Å². The van der Waals surface area contributed by atoms with Gasteiger partial charge in [0.25, 0.3) is 5.56 Å². The first-order valence-corrected chi connectivity index (χ1v) is 9.45. The minimum Gasteiger partial charge on any atom is -0.476 e. The van der Waals surface area contributed by atoms with Crippen LogP contribution in [0.5, 0.6) is 0 Å². The predicted octanol–water partition coefficient (Wildman–Crippen LogP) is 1.53. The molecule has 2 heterocycles. The quantitative estimate of drug-likeness (QED) is 0.704. The number of sulfone groups is 1. The minimum absolute atomic E-state index is 0.110. The van der Waals surface area contributed by atoms with Gasteiger partial charge in [-0.25, -0.2) is 22.6 Å². The van der Waals surface area contributed by atoms with Crippen molar-refractivity contribution in [2.24, 2.45) is 0 Å². The fourth-order valence-electron chi connectivity index (χ4n) is 2.11. The van der Waals surface area contributed by atoms with E-state index in [0.29, 0.717) is 0 Å². The number of carboxylic acids is 1. The lowest BCUT2D eigenvalue weighted by molar-refractivity contribution is 0.0691. The Balaban J connectivity index is 2.09. The molecule has 3 rings (SSSR count). The number of nitrogens with zero attached hydrogens (tertiary/aromatic N) is 2. The van der Waals surface area contributed by atoms with Crippen molar-refractivity contribution >= 4 is 27.1 Å². The van der Waals surface area contributed by atoms with Crippen LogP contribution in [0.4, 0.5) is 4.39 Å². The number of aromatic carboxylic acids is 1. The van der Waals surface area contributed by atoms with E-state index in [1.165, 1.54) is 17.5 Å². The first-order valence-electron chi connectivity index (χ1n) is 6.68. The molecule has 8 nitrogen and oxygen atoms in total. The van der Waals surface area contributed by atoms with Gasteiger partial charge in [0.15, 0.2) is 15.5 Å². The van der Waals surface area contributed by atoms with E-state index < -0.39 is 32.1 Å². The number of hydrogen-bond donors (Lipinski definition) is 2. The summed E-state index contributed by atoms with van der Waals surface area (Å²) >= 11 is 0.947. The highest BCUT2D eigenvalue weighted by atomic mass is 32.2. The standard InChI is InChI=1S/C14H10FN3O5S2/c1-25(22,23)11-4-7(2-3-8(11)15)9-5-12(19)18(17-9)14-16-10(6-24-14)13(20)21/h2-6,17H,1H3,(H,20,21). The van der Waals surface area contributed by atoms with E-state index in [0.717, 1.165) is 34.4 Å². The lowest BCUT2D eigenvalue weighted by Gasteiger charge is -2.04. The van der Waals surface area contributed by atoms with E-state index in [1.807, 2.05) is 0 Å². The van der Waals surface area contributed by atoms with Crippen molar-refractivity contribution in [3.63, 3.8) is 0 Å². The van der Waals surface area contributed by atoms with Gasteiger partial charge in [0.1, 0.15) is 10.7 Å². The van der Waals surface area contributed by atoms with Crippen molar-refractivity contribution in [2.45, 2.75) is 4.90 Å². The van der Waals surface area contributed by atoms with Crippen LogP contribution in [0.15, 0.2) is 39.3 Å². The van der Waals surface area contributed by atoms with Gasteiger partial charge in [-0.2, -0.15) is 4.68 Å². The third-order valence-electron chi connectivity index (χ3n) is 3.26. The maximum Gasteiger partial charge on any atom is 0.355 e. The number of thiazole rings is 1. The van der Waals surface area contributed by atoms with Crippen LogP contribution in [-0.4, -0.2) is 40.5 Å². The van der Waals surface area contributed by atoms with Gasteiger partial charge >= 0.3 is 5.97 Å². The summed E-state index contributed by atoms with van der Waals surface area (Å²) in [6.07, 6.45) is 0.881. The van der Waals surface area contributed by atoms with Crippen molar-refractivity contribution in [3.8, 4) is 16.4 Å². The van der Waals surface area contributed by atoms with E-state index in [2.05, 4.69) is 10.1 Å². The minimum atomic E-state index is -3.78. The fourth-order valence-corrected chi connectivity index (χ4v) is 3.63. The van der Waals surface area contributed by atoms with Gasteiger partial charge in [-0.05, 0) is 18.2 Å². The number of hydrogen-bond acceptors (Lipinski definition) is 6. The van der Waals surface area contributed by atoms with Gasteiger partial charge in [-0.15, -0.1) is 11.3 Å². The maximum absolute atomic E-state index is 13.7. The van der Waals surface area contributed by atoms with Crippen LogP contribution in [0.1, 0.15) is 10.5 Å². The lowest BCUT2D eigenvalue weighted by atomic mass is 10.1. The van der Waals surface area contributed by atoms with Gasteiger partial charge in [-0.3, -0.25) is 9.89 Å². The summed E-state index contributed by atoms with van der Waals surface area (Å²) in [4.78, 5) is 26.3. The molecule has 0 atom stereocenters. The van der Waals surface area contributed by atoms with Crippen molar-refractivity contribution in [3.05, 3.63) is 51.5 Å². The van der Waals surface area contributed by atoms with Gasteiger partial charge in [0, 0.05) is 23.3 Å². The number of nitrogens with one attached hydrogen (secondary N) is 1. The molecule has 0 amide bonds. The topological polar surface area (TPSA) is 122 Å². The summed E-state index contributed by atoms with van der Waals surface area (Å²) in [6.45, 7) is 0. The number of carboxylic acid groups (broad SMARTS) is 1. The monoisotopic (exact) mass is 383 g/mol. The Hall–Kier alpha value is -2.79. The zero-order valence-corrected chi connectivity index (χ0v) is 14.2. The molecule has 0 aliphatic rings. The number of benzene rings is 1. The second-order valence-electron chi connectivity index (χ2n) is 5.08. The average Bonchev–Trinajstić information content (AvgIpc) is 3.13. The maximum atomic E-state index is 13.7. The SMILES string of the molecule is CS(=O)(=O)c1cc(-c2cc(=O)n(-c3nc(C(=O)O)cs3)[nH]2)ccc1F. The van der Waals surface area contributed by atoms with Gasteiger partial charge < -0.3 is 5.11 Å². The summed E-state index contributed by atoms with van der Waals surface area (Å²) in [7, 11) is -3.78. The van der Waals surface area contributed by atoms with Gasteiger partial charge in [0.2, 0.25) is 5.13 Å². The highest BCUT2D eigenvalue weighted by Crippen LogP contribution is 2.23. The average molecular weight is 383 g/mol. The molecule has 130 valence electrons. The van der Waals surface area contributed by atoms with Crippen LogP contribution in [0.3, 0.4) is 0 Å².